The summed E-state index contributed by atoms with van der Waals surface area (Å²) in [6.45, 7) is 3.69. The van der Waals surface area contributed by atoms with E-state index in [1.807, 2.05) is 6.92 Å². The Morgan fingerprint density at radius 1 is 1.39 bits per heavy atom. The first kappa shape index (κ1) is 12.5. The van der Waals surface area contributed by atoms with Crippen LogP contribution in [0, 0.1) is 12.7 Å². The molecule has 2 aromatic rings. The van der Waals surface area contributed by atoms with Crippen molar-refractivity contribution in [2.75, 3.05) is 0 Å². The van der Waals surface area contributed by atoms with E-state index < -0.39 is 0 Å². The molecule has 1 aromatic heterocycles. The minimum Gasteiger partial charge on any atom is -0.288 e. The van der Waals surface area contributed by atoms with Crippen LogP contribution in [0.2, 0.25) is 0 Å². The fourth-order valence-corrected chi connectivity index (χ4v) is 2.01. The molecule has 0 aliphatic carbocycles. The van der Waals surface area contributed by atoms with E-state index in [0.717, 1.165) is 5.69 Å². The second-order valence-electron chi connectivity index (χ2n) is 4.31. The molecule has 4 heteroatoms. The molecule has 0 amide bonds. The van der Waals surface area contributed by atoms with Crippen LogP contribution < -0.4 is 0 Å². The number of aromatic nitrogens is 2. The highest BCUT2D eigenvalue weighted by molar-refractivity contribution is 6.10. The number of rotatable bonds is 3. The largest absolute Gasteiger partial charge is 0.288 e. The van der Waals surface area contributed by atoms with Gasteiger partial charge in [0.1, 0.15) is 5.82 Å². The highest BCUT2D eigenvalue weighted by Crippen LogP contribution is 2.17. The van der Waals surface area contributed by atoms with Crippen LogP contribution in [0.25, 0.3) is 0 Å². The Balaban J connectivity index is 2.47. The summed E-state index contributed by atoms with van der Waals surface area (Å²) in [6.07, 6.45) is 2.41. The van der Waals surface area contributed by atoms with Crippen LogP contribution in [0.15, 0.2) is 24.4 Å². The minimum absolute atomic E-state index is 0.0996. The third kappa shape index (κ3) is 2.18. The van der Waals surface area contributed by atoms with Gasteiger partial charge in [-0.2, -0.15) is 5.10 Å². The molecular weight excluding hydrogens is 231 g/mol. The molecule has 2 rings (SSSR count). The average Bonchev–Trinajstić information content (AvgIpc) is 2.69. The molecule has 0 atom stereocenters. The monoisotopic (exact) mass is 246 g/mol. The number of hydrogen-bond donors (Lipinski definition) is 0. The number of aryl methyl sites for hydroxylation is 3. The first-order valence-electron chi connectivity index (χ1n) is 5.86. The predicted octanol–water partition coefficient (Wildman–Crippen LogP) is 2.66. The molecule has 0 unspecified atom stereocenters. The molecule has 1 aromatic carbocycles. The zero-order valence-electron chi connectivity index (χ0n) is 10.7. The molecule has 1 heterocycles. The van der Waals surface area contributed by atoms with Gasteiger partial charge in [-0.25, -0.2) is 4.39 Å². The number of halogens is 1. The lowest BCUT2D eigenvalue weighted by atomic mass is 9.99. The van der Waals surface area contributed by atoms with E-state index in [9.17, 15) is 9.18 Å². The van der Waals surface area contributed by atoms with E-state index >= 15 is 0 Å². The molecule has 0 N–H and O–H groups in total. The molecular formula is C14H15FN2O. The van der Waals surface area contributed by atoms with Gasteiger partial charge in [0.2, 0.25) is 0 Å². The Bertz CT molecular complexity index is 602. The molecule has 18 heavy (non-hydrogen) atoms. The minimum atomic E-state index is -0.328. The molecule has 0 spiro atoms. The summed E-state index contributed by atoms with van der Waals surface area (Å²) in [5.41, 5.74) is 2.53. The number of hydrogen-bond acceptors (Lipinski definition) is 2. The van der Waals surface area contributed by atoms with E-state index in [4.69, 9.17) is 0 Å². The zero-order valence-corrected chi connectivity index (χ0v) is 10.7. The Kier molecular flexibility index (Phi) is 3.28. The van der Waals surface area contributed by atoms with Gasteiger partial charge < -0.3 is 0 Å². The molecule has 0 aliphatic heterocycles. The van der Waals surface area contributed by atoms with E-state index in [-0.39, 0.29) is 11.6 Å². The van der Waals surface area contributed by atoms with E-state index in [0.29, 0.717) is 23.1 Å². The molecule has 3 nitrogen and oxygen atoms in total. The standard InChI is InChI=1S/C14H15FN2O/c1-4-13-12(8-17(3)16-13)14(18)11-6-5-10(15)7-9(11)2/h5-8H,4H2,1-3H3. The normalized spacial score (nSPS) is 10.7. The second-order valence-corrected chi connectivity index (χ2v) is 4.31. The van der Waals surface area contributed by atoms with Gasteiger partial charge in [0.25, 0.3) is 0 Å². The van der Waals surface area contributed by atoms with E-state index in [1.54, 1.807) is 24.9 Å². The fourth-order valence-electron chi connectivity index (χ4n) is 2.01. The van der Waals surface area contributed by atoms with Crippen LogP contribution in [-0.4, -0.2) is 15.6 Å². The van der Waals surface area contributed by atoms with Gasteiger partial charge in [-0.05, 0) is 37.1 Å². The Hall–Kier alpha value is -1.97. The van der Waals surface area contributed by atoms with Crippen LogP contribution in [0.3, 0.4) is 0 Å². The summed E-state index contributed by atoms with van der Waals surface area (Å²) < 4.78 is 14.7. The van der Waals surface area contributed by atoms with Gasteiger partial charge in [-0.3, -0.25) is 9.48 Å². The lowest BCUT2D eigenvalue weighted by molar-refractivity contribution is 0.103. The highest BCUT2D eigenvalue weighted by atomic mass is 19.1. The van der Waals surface area contributed by atoms with Crippen LogP contribution in [0.4, 0.5) is 4.39 Å². The van der Waals surface area contributed by atoms with Crippen molar-refractivity contribution in [1.82, 2.24) is 9.78 Å². The first-order chi connectivity index (χ1) is 8.52. The van der Waals surface area contributed by atoms with Gasteiger partial charge in [0.15, 0.2) is 5.78 Å². The van der Waals surface area contributed by atoms with Crippen LogP contribution >= 0.6 is 0 Å². The number of carbonyl (C=O) groups is 1. The topological polar surface area (TPSA) is 34.9 Å². The summed E-state index contributed by atoms with van der Waals surface area (Å²) in [7, 11) is 1.79. The number of carbonyl (C=O) groups excluding carboxylic acids is 1. The quantitative estimate of drug-likeness (QED) is 0.780. The van der Waals surface area contributed by atoms with Crippen molar-refractivity contribution < 1.29 is 9.18 Å². The van der Waals surface area contributed by atoms with Gasteiger partial charge >= 0.3 is 0 Å². The smallest absolute Gasteiger partial charge is 0.196 e. The van der Waals surface area contributed by atoms with Gasteiger partial charge in [-0.1, -0.05) is 6.92 Å². The predicted molar refractivity (Wildman–Crippen MR) is 67.2 cm³/mol. The van der Waals surface area contributed by atoms with Gasteiger partial charge in [-0.15, -0.1) is 0 Å². The van der Waals surface area contributed by atoms with E-state index in [2.05, 4.69) is 5.10 Å². The molecule has 0 saturated heterocycles. The third-order valence-electron chi connectivity index (χ3n) is 2.92. The first-order valence-corrected chi connectivity index (χ1v) is 5.86. The maximum atomic E-state index is 13.0. The summed E-state index contributed by atoms with van der Waals surface area (Å²) in [5, 5.41) is 4.24. The van der Waals surface area contributed by atoms with Crippen molar-refractivity contribution in [1.29, 1.82) is 0 Å². The highest BCUT2D eigenvalue weighted by Gasteiger charge is 2.18. The Morgan fingerprint density at radius 3 is 2.72 bits per heavy atom. The van der Waals surface area contributed by atoms with Crippen LogP contribution in [0.1, 0.15) is 34.1 Å². The van der Waals surface area contributed by atoms with Crippen molar-refractivity contribution >= 4 is 5.78 Å². The molecule has 0 fully saturated rings. The summed E-state index contributed by atoms with van der Waals surface area (Å²) in [4.78, 5) is 12.4. The molecule has 0 radical (unpaired) electrons. The van der Waals surface area contributed by atoms with Crippen molar-refractivity contribution in [2.24, 2.45) is 7.05 Å². The van der Waals surface area contributed by atoms with Gasteiger partial charge in [0, 0.05) is 18.8 Å². The molecule has 0 saturated carbocycles. The maximum absolute atomic E-state index is 13.0. The molecule has 0 aliphatic rings. The Labute approximate surface area is 105 Å². The zero-order chi connectivity index (χ0) is 13.3. The maximum Gasteiger partial charge on any atom is 0.196 e. The number of nitrogens with zero attached hydrogens (tertiary/aromatic N) is 2. The van der Waals surface area contributed by atoms with Crippen molar-refractivity contribution in [3.05, 3.63) is 52.6 Å². The lowest BCUT2D eigenvalue weighted by Gasteiger charge is -2.04. The Morgan fingerprint density at radius 2 is 2.11 bits per heavy atom. The van der Waals surface area contributed by atoms with E-state index in [1.165, 1.54) is 18.2 Å². The summed E-state index contributed by atoms with van der Waals surface area (Å²) >= 11 is 0. The van der Waals surface area contributed by atoms with Crippen molar-refractivity contribution in [3.8, 4) is 0 Å². The third-order valence-corrected chi connectivity index (χ3v) is 2.92. The lowest BCUT2D eigenvalue weighted by Crippen LogP contribution is -2.05. The second kappa shape index (κ2) is 4.72. The van der Waals surface area contributed by atoms with Crippen LogP contribution in [0.5, 0.6) is 0 Å². The number of benzene rings is 1. The molecule has 94 valence electrons. The average molecular weight is 246 g/mol. The van der Waals surface area contributed by atoms with Crippen molar-refractivity contribution in [2.45, 2.75) is 20.3 Å². The summed E-state index contributed by atoms with van der Waals surface area (Å²) in [5.74, 6) is -0.427. The van der Waals surface area contributed by atoms with Crippen LogP contribution in [-0.2, 0) is 13.5 Å². The number of ketones is 1. The SMILES string of the molecule is CCc1nn(C)cc1C(=O)c1ccc(F)cc1C. The van der Waals surface area contributed by atoms with Gasteiger partial charge in [0.05, 0.1) is 11.3 Å². The summed E-state index contributed by atoms with van der Waals surface area (Å²) in [6, 6.07) is 4.21. The molecule has 0 bridgehead atoms. The fraction of sp³-hybridized carbons (Fsp3) is 0.286. The van der Waals surface area contributed by atoms with Crippen molar-refractivity contribution in [3.63, 3.8) is 0 Å².